The van der Waals surface area contributed by atoms with E-state index in [0.29, 0.717) is 24.2 Å². The van der Waals surface area contributed by atoms with Crippen molar-refractivity contribution in [3.63, 3.8) is 0 Å². The second-order valence-electron chi connectivity index (χ2n) is 4.04. The van der Waals surface area contributed by atoms with E-state index in [-0.39, 0.29) is 6.09 Å². The third-order valence-electron chi connectivity index (χ3n) is 2.94. The molecule has 1 amide bonds. The summed E-state index contributed by atoms with van der Waals surface area (Å²) in [6.07, 6.45) is 2.50. The second kappa shape index (κ2) is 5.36. The van der Waals surface area contributed by atoms with Crippen LogP contribution in [0.3, 0.4) is 0 Å². The number of rotatable bonds is 2. The maximum atomic E-state index is 11.5. The Morgan fingerprint density at radius 3 is 3.12 bits per heavy atom. The largest absolute Gasteiger partial charge is 0.450 e. The van der Waals surface area contributed by atoms with Crippen LogP contribution in [0.25, 0.3) is 0 Å². The Kier molecular flexibility index (Phi) is 3.84. The van der Waals surface area contributed by atoms with Crippen molar-refractivity contribution < 1.29 is 9.53 Å². The van der Waals surface area contributed by atoms with Crippen molar-refractivity contribution in [2.24, 2.45) is 0 Å². The van der Waals surface area contributed by atoms with Gasteiger partial charge in [0.25, 0.3) is 0 Å². The van der Waals surface area contributed by atoms with Gasteiger partial charge in [0, 0.05) is 25.2 Å². The molecule has 0 saturated carbocycles. The molecule has 0 aromatic carbocycles. The van der Waals surface area contributed by atoms with Crippen LogP contribution in [0.2, 0.25) is 5.15 Å². The Balaban J connectivity index is 1.98. The first-order valence-electron chi connectivity index (χ1n) is 5.74. The van der Waals surface area contributed by atoms with Crippen LogP contribution in [-0.4, -0.2) is 35.7 Å². The zero-order valence-corrected chi connectivity index (χ0v) is 10.5. The lowest BCUT2D eigenvalue weighted by molar-refractivity contribution is 0.115. The molecule has 1 atom stereocenters. The minimum absolute atomic E-state index is 0.225. The highest BCUT2D eigenvalue weighted by molar-refractivity contribution is 6.29. The van der Waals surface area contributed by atoms with Crippen molar-refractivity contribution in [1.29, 1.82) is 0 Å². The summed E-state index contributed by atoms with van der Waals surface area (Å²) in [6.45, 7) is 3.67. The Hall–Kier alpha value is -1.29. The molecule has 1 fully saturated rings. The van der Waals surface area contributed by atoms with Crippen molar-refractivity contribution in [3.05, 3.63) is 29.0 Å². The molecule has 92 valence electrons. The predicted molar refractivity (Wildman–Crippen MR) is 65.2 cm³/mol. The number of halogens is 1. The summed E-state index contributed by atoms with van der Waals surface area (Å²) < 4.78 is 4.98. The van der Waals surface area contributed by atoms with Crippen LogP contribution in [-0.2, 0) is 4.74 Å². The average Bonchev–Trinajstić information content (AvgIpc) is 2.80. The zero-order valence-electron chi connectivity index (χ0n) is 9.73. The monoisotopic (exact) mass is 254 g/mol. The maximum absolute atomic E-state index is 11.5. The van der Waals surface area contributed by atoms with Gasteiger partial charge in [-0.1, -0.05) is 17.7 Å². The van der Waals surface area contributed by atoms with Gasteiger partial charge in [0.1, 0.15) is 5.15 Å². The smallest absolute Gasteiger partial charge is 0.409 e. The van der Waals surface area contributed by atoms with Crippen molar-refractivity contribution in [1.82, 2.24) is 9.88 Å². The van der Waals surface area contributed by atoms with Gasteiger partial charge in [0.05, 0.1) is 6.61 Å². The van der Waals surface area contributed by atoms with E-state index in [1.165, 1.54) is 0 Å². The van der Waals surface area contributed by atoms with Crippen molar-refractivity contribution in [3.8, 4) is 0 Å². The molecule has 2 rings (SSSR count). The van der Waals surface area contributed by atoms with Gasteiger partial charge < -0.3 is 9.64 Å². The van der Waals surface area contributed by atoms with Gasteiger partial charge in [-0.15, -0.1) is 0 Å². The number of nitrogens with zero attached hydrogens (tertiary/aromatic N) is 2. The summed E-state index contributed by atoms with van der Waals surface area (Å²) in [7, 11) is 0. The topological polar surface area (TPSA) is 42.4 Å². The minimum Gasteiger partial charge on any atom is -0.450 e. The van der Waals surface area contributed by atoms with Crippen LogP contribution in [0.4, 0.5) is 4.79 Å². The van der Waals surface area contributed by atoms with E-state index in [0.717, 1.165) is 18.5 Å². The molecule has 2 heterocycles. The van der Waals surface area contributed by atoms with Gasteiger partial charge in [0.2, 0.25) is 0 Å². The Bertz CT molecular complexity index is 394. The fourth-order valence-corrected chi connectivity index (χ4v) is 2.15. The van der Waals surface area contributed by atoms with E-state index in [4.69, 9.17) is 16.3 Å². The summed E-state index contributed by atoms with van der Waals surface area (Å²) in [6, 6.07) is 3.75. The van der Waals surface area contributed by atoms with Gasteiger partial charge in [-0.25, -0.2) is 9.78 Å². The Labute approximate surface area is 106 Å². The van der Waals surface area contributed by atoms with Gasteiger partial charge >= 0.3 is 6.09 Å². The number of ether oxygens (including phenoxy) is 1. The van der Waals surface area contributed by atoms with E-state index in [2.05, 4.69) is 4.98 Å². The molecule has 0 N–H and O–H groups in total. The molecule has 5 heteroatoms. The number of pyridine rings is 1. The summed E-state index contributed by atoms with van der Waals surface area (Å²) in [5.41, 5.74) is 1.13. The first-order chi connectivity index (χ1) is 8.20. The van der Waals surface area contributed by atoms with Gasteiger partial charge in [0.15, 0.2) is 0 Å². The van der Waals surface area contributed by atoms with E-state index in [9.17, 15) is 4.79 Å². The maximum Gasteiger partial charge on any atom is 0.409 e. The summed E-state index contributed by atoms with van der Waals surface area (Å²) in [5.74, 6) is 0.337. The lowest BCUT2D eigenvalue weighted by Crippen LogP contribution is -2.29. The van der Waals surface area contributed by atoms with Crippen molar-refractivity contribution >= 4 is 17.7 Å². The number of likely N-dealkylation sites (tertiary alicyclic amines) is 1. The standard InChI is InChI=1S/C12H15ClN2O2/c1-2-17-12(16)15-6-5-10(8-15)9-3-4-11(13)14-7-9/h3-4,7,10H,2,5-6,8H2,1H3. The third-order valence-corrected chi connectivity index (χ3v) is 3.16. The molecule has 17 heavy (non-hydrogen) atoms. The molecule has 1 unspecified atom stereocenters. The van der Waals surface area contributed by atoms with Crippen LogP contribution in [0.1, 0.15) is 24.8 Å². The van der Waals surface area contributed by atoms with E-state index >= 15 is 0 Å². The van der Waals surface area contributed by atoms with Crippen LogP contribution in [0, 0.1) is 0 Å². The molecule has 0 radical (unpaired) electrons. The van der Waals surface area contributed by atoms with Crippen LogP contribution in [0.5, 0.6) is 0 Å². The van der Waals surface area contributed by atoms with Crippen molar-refractivity contribution in [2.45, 2.75) is 19.3 Å². The fourth-order valence-electron chi connectivity index (χ4n) is 2.04. The fraction of sp³-hybridized carbons (Fsp3) is 0.500. The van der Waals surface area contributed by atoms with Gasteiger partial charge in [-0.3, -0.25) is 0 Å². The minimum atomic E-state index is -0.225. The predicted octanol–water partition coefficient (Wildman–Crippen LogP) is 2.68. The molecule has 1 saturated heterocycles. The Morgan fingerprint density at radius 2 is 2.47 bits per heavy atom. The number of hydrogen-bond acceptors (Lipinski definition) is 3. The number of carbonyl (C=O) groups is 1. The molecular formula is C12H15ClN2O2. The normalized spacial score (nSPS) is 19.4. The molecule has 0 bridgehead atoms. The number of aromatic nitrogens is 1. The van der Waals surface area contributed by atoms with E-state index < -0.39 is 0 Å². The van der Waals surface area contributed by atoms with Crippen LogP contribution >= 0.6 is 11.6 Å². The molecular weight excluding hydrogens is 240 g/mol. The quantitative estimate of drug-likeness (QED) is 0.762. The first kappa shape index (κ1) is 12.2. The summed E-state index contributed by atoms with van der Waals surface area (Å²) in [5, 5.41) is 0.494. The molecule has 0 aliphatic carbocycles. The molecule has 1 aromatic rings. The highest BCUT2D eigenvalue weighted by Crippen LogP contribution is 2.27. The average molecular weight is 255 g/mol. The molecule has 1 aliphatic rings. The number of carbonyl (C=O) groups excluding carboxylic acids is 1. The van der Waals surface area contributed by atoms with E-state index in [1.54, 1.807) is 17.2 Å². The molecule has 4 nitrogen and oxygen atoms in total. The lowest BCUT2D eigenvalue weighted by Gasteiger charge is -2.15. The Morgan fingerprint density at radius 1 is 1.65 bits per heavy atom. The molecule has 0 spiro atoms. The summed E-state index contributed by atoms with van der Waals surface area (Å²) >= 11 is 5.74. The van der Waals surface area contributed by atoms with Gasteiger partial charge in [-0.2, -0.15) is 0 Å². The zero-order chi connectivity index (χ0) is 12.3. The van der Waals surface area contributed by atoms with E-state index in [1.807, 2.05) is 13.0 Å². The van der Waals surface area contributed by atoms with Crippen molar-refractivity contribution in [2.75, 3.05) is 19.7 Å². The third kappa shape index (κ3) is 2.88. The molecule has 1 aromatic heterocycles. The summed E-state index contributed by atoms with van der Waals surface area (Å²) in [4.78, 5) is 17.3. The van der Waals surface area contributed by atoms with Crippen LogP contribution in [0.15, 0.2) is 18.3 Å². The second-order valence-corrected chi connectivity index (χ2v) is 4.43. The molecule has 1 aliphatic heterocycles. The number of hydrogen-bond donors (Lipinski definition) is 0. The highest BCUT2D eigenvalue weighted by Gasteiger charge is 2.28. The number of amides is 1. The SMILES string of the molecule is CCOC(=O)N1CCC(c2ccc(Cl)nc2)C1. The first-order valence-corrected chi connectivity index (χ1v) is 6.11. The lowest BCUT2D eigenvalue weighted by atomic mass is 10.0. The van der Waals surface area contributed by atoms with Gasteiger partial charge in [-0.05, 0) is 25.0 Å². The highest BCUT2D eigenvalue weighted by atomic mass is 35.5. The van der Waals surface area contributed by atoms with Crippen LogP contribution < -0.4 is 0 Å².